The van der Waals surface area contributed by atoms with Gasteiger partial charge in [0.1, 0.15) is 5.75 Å². The quantitative estimate of drug-likeness (QED) is 0.809. The van der Waals surface area contributed by atoms with Crippen molar-refractivity contribution < 1.29 is 4.74 Å². The van der Waals surface area contributed by atoms with Gasteiger partial charge in [0.15, 0.2) is 0 Å². The minimum Gasteiger partial charge on any atom is -0.496 e. The molecule has 0 amide bonds. The van der Waals surface area contributed by atoms with Crippen molar-refractivity contribution in [2.75, 3.05) is 38.2 Å². The molecule has 0 aliphatic carbocycles. The Labute approximate surface area is 162 Å². The molecule has 3 aliphatic rings. The van der Waals surface area contributed by atoms with E-state index < -0.39 is 0 Å². The molecule has 2 atom stereocenters. The molecule has 0 unspecified atom stereocenters. The number of ether oxygens (including phenoxy) is 1. The number of anilines is 1. The Kier molecular flexibility index (Phi) is 4.56. The Hall–Kier alpha value is -2.00. The first kappa shape index (κ1) is 17.1. The Balaban J connectivity index is 1.33. The van der Waals surface area contributed by atoms with Crippen LogP contribution in [0.15, 0.2) is 42.5 Å². The lowest BCUT2D eigenvalue weighted by molar-refractivity contribution is 0.195. The summed E-state index contributed by atoms with van der Waals surface area (Å²) < 4.78 is 5.54. The molecule has 2 aromatic rings. The van der Waals surface area contributed by atoms with Crippen molar-refractivity contribution in [1.82, 2.24) is 4.90 Å². The van der Waals surface area contributed by atoms with Gasteiger partial charge in [-0.1, -0.05) is 36.4 Å². The van der Waals surface area contributed by atoms with Crippen LogP contribution in [0.25, 0.3) is 0 Å². The number of hydrogen-bond donors (Lipinski definition) is 0. The van der Waals surface area contributed by atoms with Crippen molar-refractivity contribution >= 4 is 5.69 Å². The Morgan fingerprint density at radius 3 is 2.89 bits per heavy atom. The van der Waals surface area contributed by atoms with Crippen molar-refractivity contribution in [1.29, 1.82) is 0 Å². The van der Waals surface area contributed by atoms with Crippen LogP contribution in [-0.4, -0.2) is 44.2 Å². The molecule has 0 spiro atoms. The molecule has 0 N–H and O–H groups in total. The highest BCUT2D eigenvalue weighted by molar-refractivity contribution is 5.67. The van der Waals surface area contributed by atoms with Crippen LogP contribution in [0.1, 0.15) is 41.9 Å². The Bertz CT molecular complexity index is 818. The zero-order valence-corrected chi connectivity index (χ0v) is 16.4. The molecule has 3 aliphatic heterocycles. The van der Waals surface area contributed by atoms with Crippen LogP contribution in [0.5, 0.6) is 5.75 Å². The maximum atomic E-state index is 5.54. The van der Waals surface area contributed by atoms with Crippen LogP contribution < -0.4 is 9.64 Å². The van der Waals surface area contributed by atoms with E-state index in [1.165, 1.54) is 50.9 Å². The van der Waals surface area contributed by atoms with E-state index in [0.717, 1.165) is 24.8 Å². The first-order valence-electron chi connectivity index (χ1n) is 10.6. The number of hydrogen-bond acceptors (Lipinski definition) is 3. The van der Waals surface area contributed by atoms with Crippen LogP contribution in [-0.2, 0) is 12.8 Å². The van der Waals surface area contributed by atoms with Gasteiger partial charge in [-0.2, -0.15) is 0 Å². The summed E-state index contributed by atoms with van der Waals surface area (Å²) in [7, 11) is 1.77. The third kappa shape index (κ3) is 3.02. The average Bonchev–Trinajstić information content (AvgIpc) is 2.87. The molecule has 5 rings (SSSR count). The fourth-order valence-corrected chi connectivity index (χ4v) is 5.58. The monoisotopic (exact) mass is 362 g/mol. The standard InChI is InChI=1S/C24H30N2O/c1-27-23-11-3-2-7-18(23)12-15-25-16-13-22-21(17-25)20-10-6-9-19-8-4-5-14-26(22)24(19)20/h2-3,6-7,9-11,21-22H,4-5,8,12-17H2,1H3/t21-,22-/m0/s1. The van der Waals surface area contributed by atoms with Crippen molar-refractivity contribution in [2.24, 2.45) is 0 Å². The van der Waals surface area contributed by atoms with Gasteiger partial charge in [-0.05, 0) is 54.9 Å². The second-order valence-electron chi connectivity index (χ2n) is 8.33. The number of para-hydroxylation sites is 2. The minimum atomic E-state index is 0.685. The number of aryl methyl sites for hydroxylation is 1. The molecule has 3 heterocycles. The summed E-state index contributed by atoms with van der Waals surface area (Å²) in [4.78, 5) is 5.46. The van der Waals surface area contributed by atoms with Gasteiger partial charge in [0, 0.05) is 43.8 Å². The molecule has 1 fully saturated rings. The molecule has 0 saturated carbocycles. The van der Waals surface area contributed by atoms with Crippen molar-refractivity contribution in [3.8, 4) is 5.75 Å². The zero-order valence-electron chi connectivity index (χ0n) is 16.4. The number of methoxy groups -OCH3 is 1. The topological polar surface area (TPSA) is 15.7 Å². The van der Waals surface area contributed by atoms with Gasteiger partial charge in [0.05, 0.1) is 7.11 Å². The summed E-state index contributed by atoms with van der Waals surface area (Å²) in [6.45, 7) is 4.80. The lowest BCUT2D eigenvalue weighted by Crippen LogP contribution is -2.46. The van der Waals surface area contributed by atoms with Crippen LogP contribution in [0.2, 0.25) is 0 Å². The minimum absolute atomic E-state index is 0.685. The molecular weight excluding hydrogens is 332 g/mol. The number of benzene rings is 2. The van der Waals surface area contributed by atoms with E-state index in [1.54, 1.807) is 23.9 Å². The number of piperidine rings is 1. The van der Waals surface area contributed by atoms with Gasteiger partial charge in [0.2, 0.25) is 0 Å². The summed E-state index contributed by atoms with van der Waals surface area (Å²) in [5.74, 6) is 1.71. The lowest BCUT2D eigenvalue weighted by Gasteiger charge is -2.39. The maximum Gasteiger partial charge on any atom is 0.122 e. The molecule has 3 nitrogen and oxygen atoms in total. The van der Waals surface area contributed by atoms with Gasteiger partial charge in [-0.25, -0.2) is 0 Å². The third-order valence-corrected chi connectivity index (χ3v) is 6.88. The molecule has 0 aromatic heterocycles. The van der Waals surface area contributed by atoms with Crippen LogP contribution in [0, 0.1) is 0 Å². The summed E-state index contributed by atoms with van der Waals surface area (Å²) in [6, 6.07) is 16.3. The zero-order chi connectivity index (χ0) is 18.2. The molecule has 1 saturated heterocycles. The molecule has 2 aromatic carbocycles. The van der Waals surface area contributed by atoms with E-state index in [0.29, 0.717) is 5.92 Å². The van der Waals surface area contributed by atoms with Crippen LogP contribution >= 0.6 is 0 Å². The van der Waals surface area contributed by atoms with Gasteiger partial charge >= 0.3 is 0 Å². The Morgan fingerprint density at radius 2 is 1.96 bits per heavy atom. The average molecular weight is 363 g/mol. The van der Waals surface area contributed by atoms with Crippen molar-refractivity contribution in [3.05, 3.63) is 59.2 Å². The Morgan fingerprint density at radius 1 is 1.04 bits per heavy atom. The summed E-state index contributed by atoms with van der Waals surface area (Å²) in [6.07, 6.45) is 6.31. The van der Waals surface area contributed by atoms with E-state index in [9.17, 15) is 0 Å². The molecule has 3 heteroatoms. The maximum absolute atomic E-state index is 5.54. The number of nitrogens with zero attached hydrogens (tertiary/aromatic N) is 2. The van der Waals surface area contributed by atoms with E-state index in [-0.39, 0.29) is 0 Å². The van der Waals surface area contributed by atoms with Gasteiger partial charge in [0.25, 0.3) is 0 Å². The highest BCUT2D eigenvalue weighted by Crippen LogP contribution is 2.47. The van der Waals surface area contributed by atoms with E-state index in [1.807, 2.05) is 0 Å². The highest BCUT2D eigenvalue weighted by atomic mass is 16.5. The highest BCUT2D eigenvalue weighted by Gasteiger charge is 2.42. The second kappa shape index (κ2) is 7.20. The predicted octanol–water partition coefficient (Wildman–Crippen LogP) is 4.25. The van der Waals surface area contributed by atoms with Crippen LogP contribution in [0.3, 0.4) is 0 Å². The summed E-state index contributed by atoms with van der Waals surface area (Å²) >= 11 is 0. The third-order valence-electron chi connectivity index (χ3n) is 6.88. The van der Waals surface area contributed by atoms with E-state index in [4.69, 9.17) is 4.74 Å². The summed E-state index contributed by atoms with van der Waals surface area (Å²) in [5.41, 5.74) is 6.16. The van der Waals surface area contributed by atoms with Gasteiger partial charge in [-0.3, -0.25) is 0 Å². The number of likely N-dealkylation sites (tertiary alicyclic amines) is 1. The van der Waals surface area contributed by atoms with Gasteiger partial charge < -0.3 is 14.5 Å². The van der Waals surface area contributed by atoms with E-state index in [2.05, 4.69) is 52.3 Å². The SMILES string of the molecule is COc1ccccc1CCN1CC[C@H]2[C@@H](C1)c1cccc3c1N2CCCC3. The molecule has 27 heavy (non-hydrogen) atoms. The molecule has 142 valence electrons. The summed E-state index contributed by atoms with van der Waals surface area (Å²) in [5, 5.41) is 0. The van der Waals surface area contributed by atoms with Gasteiger partial charge in [-0.15, -0.1) is 0 Å². The fourth-order valence-electron chi connectivity index (χ4n) is 5.58. The second-order valence-corrected chi connectivity index (χ2v) is 8.33. The predicted molar refractivity (Wildman–Crippen MR) is 111 cm³/mol. The van der Waals surface area contributed by atoms with E-state index >= 15 is 0 Å². The molecule has 0 bridgehead atoms. The van der Waals surface area contributed by atoms with Crippen molar-refractivity contribution in [2.45, 2.75) is 44.1 Å². The first-order valence-corrected chi connectivity index (χ1v) is 10.6. The largest absolute Gasteiger partial charge is 0.496 e. The van der Waals surface area contributed by atoms with Crippen LogP contribution in [0.4, 0.5) is 5.69 Å². The molecule has 0 radical (unpaired) electrons. The number of fused-ring (bicyclic) bond motifs is 3. The normalized spacial score (nSPS) is 24.3. The lowest BCUT2D eigenvalue weighted by atomic mass is 9.88. The molecular formula is C24H30N2O. The first-order chi connectivity index (χ1) is 13.3. The fraction of sp³-hybridized carbons (Fsp3) is 0.500. The smallest absolute Gasteiger partial charge is 0.122 e. The number of rotatable bonds is 4. The van der Waals surface area contributed by atoms with Crippen molar-refractivity contribution in [3.63, 3.8) is 0 Å².